The van der Waals surface area contributed by atoms with Gasteiger partial charge in [0.15, 0.2) is 5.82 Å². The Hall–Kier alpha value is -0.330. The zero-order valence-corrected chi connectivity index (χ0v) is 14.1. The van der Waals surface area contributed by atoms with Gasteiger partial charge in [0.2, 0.25) is 0 Å². The minimum absolute atomic E-state index is 0.571. The summed E-state index contributed by atoms with van der Waals surface area (Å²) >= 11 is 10.2. The number of hydrogen-bond acceptors (Lipinski definition) is 3. The van der Waals surface area contributed by atoms with Crippen LogP contribution in [-0.4, -0.2) is 16.2 Å². The summed E-state index contributed by atoms with van der Waals surface area (Å²) in [4.78, 5) is 10.4. The maximum atomic E-state index is 6.24. The van der Waals surface area contributed by atoms with Crippen LogP contribution in [0.1, 0.15) is 24.5 Å². The maximum absolute atomic E-state index is 6.24. The Kier molecular flexibility index (Phi) is 4.01. The predicted octanol–water partition coefficient (Wildman–Crippen LogP) is 5.00. The number of rotatable bonds is 3. The summed E-state index contributed by atoms with van der Waals surface area (Å²) in [5.74, 6) is 1.32. The van der Waals surface area contributed by atoms with Gasteiger partial charge in [0.1, 0.15) is 5.15 Å². The second kappa shape index (κ2) is 5.58. The first-order chi connectivity index (χ1) is 9.19. The van der Waals surface area contributed by atoms with E-state index >= 15 is 0 Å². The highest BCUT2D eigenvalue weighted by Gasteiger charge is 2.29. The molecule has 2 nitrogen and oxygen atoms in total. The lowest BCUT2D eigenvalue weighted by Crippen LogP contribution is -1.99. The summed E-state index contributed by atoms with van der Waals surface area (Å²) in [6, 6.07) is 8.29. The Morgan fingerprint density at radius 2 is 1.89 bits per heavy atom. The summed E-state index contributed by atoms with van der Waals surface area (Å²) in [6.07, 6.45) is 4.50. The van der Waals surface area contributed by atoms with Crippen LogP contribution in [0.15, 0.2) is 29.2 Å². The van der Waals surface area contributed by atoms with Gasteiger partial charge in [-0.3, -0.25) is 0 Å². The molecule has 1 aliphatic rings. The van der Waals surface area contributed by atoms with Crippen molar-refractivity contribution < 1.29 is 0 Å². The molecule has 0 N–H and O–H groups in total. The van der Waals surface area contributed by atoms with E-state index in [0.717, 1.165) is 20.7 Å². The molecular formula is C14H12ClIN2S. The van der Waals surface area contributed by atoms with Gasteiger partial charge in [-0.1, -0.05) is 23.7 Å². The normalized spacial score (nSPS) is 14.7. The third-order valence-corrected chi connectivity index (χ3v) is 5.55. The van der Waals surface area contributed by atoms with Crippen LogP contribution in [0.3, 0.4) is 0 Å². The summed E-state index contributed by atoms with van der Waals surface area (Å²) in [6.45, 7) is 0. The topological polar surface area (TPSA) is 25.8 Å². The summed E-state index contributed by atoms with van der Waals surface area (Å²) < 4.78 is 1.01. The Balaban J connectivity index is 2.03. The van der Waals surface area contributed by atoms with Crippen molar-refractivity contribution in [1.29, 1.82) is 0 Å². The van der Waals surface area contributed by atoms with Gasteiger partial charge in [0.25, 0.3) is 0 Å². The molecule has 98 valence electrons. The molecule has 0 spiro atoms. The van der Waals surface area contributed by atoms with Crippen LogP contribution in [0.2, 0.25) is 5.15 Å². The van der Waals surface area contributed by atoms with Crippen molar-refractivity contribution in [2.24, 2.45) is 0 Å². The molecule has 19 heavy (non-hydrogen) atoms. The van der Waals surface area contributed by atoms with E-state index in [0.29, 0.717) is 11.1 Å². The van der Waals surface area contributed by atoms with Crippen LogP contribution >= 0.6 is 46.0 Å². The van der Waals surface area contributed by atoms with E-state index in [-0.39, 0.29) is 0 Å². The molecule has 0 aliphatic heterocycles. The molecule has 3 rings (SSSR count). The van der Waals surface area contributed by atoms with Crippen LogP contribution in [0.4, 0.5) is 0 Å². The molecule has 1 heterocycles. The van der Waals surface area contributed by atoms with Crippen LogP contribution in [0.5, 0.6) is 0 Å². The number of hydrogen-bond donors (Lipinski definition) is 0. The van der Waals surface area contributed by atoms with E-state index in [1.165, 1.54) is 17.7 Å². The molecule has 0 unspecified atom stereocenters. The Morgan fingerprint density at radius 3 is 2.47 bits per heavy atom. The van der Waals surface area contributed by atoms with E-state index in [1.807, 2.05) is 0 Å². The van der Waals surface area contributed by atoms with E-state index < -0.39 is 0 Å². The SMILES string of the molecule is CSc1ccc(-c2nc(Cl)c(I)c(C3CC3)n2)cc1. The zero-order chi connectivity index (χ0) is 13.4. The zero-order valence-electron chi connectivity index (χ0n) is 10.4. The molecule has 1 aromatic carbocycles. The van der Waals surface area contributed by atoms with E-state index in [4.69, 9.17) is 16.6 Å². The van der Waals surface area contributed by atoms with Gasteiger partial charge in [0, 0.05) is 16.4 Å². The fourth-order valence-corrected chi connectivity index (χ4v) is 3.20. The largest absolute Gasteiger partial charge is 0.232 e. The lowest BCUT2D eigenvalue weighted by atomic mass is 10.2. The summed E-state index contributed by atoms with van der Waals surface area (Å²) in [5.41, 5.74) is 2.14. The molecule has 1 aromatic heterocycles. The number of thioether (sulfide) groups is 1. The Morgan fingerprint density at radius 1 is 1.21 bits per heavy atom. The average molecular weight is 403 g/mol. The number of nitrogens with zero attached hydrogens (tertiary/aromatic N) is 2. The lowest BCUT2D eigenvalue weighted by Gasteiger charge is -2.08. The monoisotopic (exact) mass is 402 g/mol. The fraction of sp³-hybridized carbons (Fsp3) is 0.286. The molecule has 1 saturated carbocycles. The fourth-order valence-electron chi connectivity index (χ4n) is 1.93. The quantitative estimate of drug-likeness (QED) is 0.410. The Labute approximate surface area is 135 Å². The molecule has 0 saturated heterocycles. The second-order valence-electron chi connectivity index (χ2n) is 4.54. The van der Waals surface area contributed by atoms with Crippen LogP contribution in [0, 0.1) is 3.57 Å². The third kappa shape index (κ3) is 2.90. The minimum atomic E-state index is 0.571. The summed E-state index contributed by atoms with van der Waals surface area (Å²) in [5, 5.41) is 0.571. The lowest BCUT2D eigenvalue weighted by molar-refractivity contribution is 0.978. The molecule has 1 fully saturated rings. The molecule has 0 atom stereocenters. The summed E-state index contributed by atoms with van der Waals surface area (Å²) in [7, 11) is 0. The van der Waals surface area contributed by atoms with Crippen molar-refractivity contribution in [2.45, 2.75) is 23.7 Å². The van der Waals surface area contributed by atoms with Crippen molar-refractivity contribution in [1.82, 2.24) is 9.97 Å². The van der Waals surface area contributed by atoms with Gasteiger partial charge in [0.05, 0.1) is 9.26 Å². The highest BCUT2D eigenvalue weighted by Crippen LogP contribution is 2.42. The molecular weight excluding hydrogens is 391 g/mol. The number of benzene rings is 1. The van der Waals surface area contributed by atoms with Crippen LogP contribution in [-0.2, 0) is 0 Å². The molecule has 5 heteroatoms. The van der Waals surface area contributed by atoms with E-state index in [2.05, 4.69) is 58.1 Å². The van der Waals surface area contributed by atoms with Crippen molar-refractivity contribution in [3.05, 3.63) is 38.7 Å². The third-order valence-electron chi connectivity index (χ3n) is 3.15. The molecule has 1 aliphatic carbocycles. The van der Waals surface area contributed by atoms with E-state index in [9.17, 15) is 0 Å². The van der Waals surface area contributed by atoms with Crippen LogP contribution in [0.25, 0.3) is 11.4 Å². The van der Waals surface area contributed by atoms with Gasteiger partial charge in [-0.15, -0.1) is 11.8 Å². The molecule has 0 radical (unpaired) electrons. The smallest absolute Gasteiger partial charge is 0.161 e. The maximum Gasteiger partial charge on any atom is 0.161 e. The van der Waals surface area contributed by atoms with Gasteiger partial charge < -0.3 is 0 Å². The molecule has 0 amide bonds. The van der Waals surface area contributed by atoms with Crippen molar-refractivity contribution >= 4 is 46.0 Å². The van der Waals surface area contributed by atoms with Gasteiger partial charge in [-0.2, -0.15) is 0 Å². The highest BCUT2D eigenvalue weighted by atomic mass is 127. The first kappa shape index (κ1) is 13.6. The first-order valence-corrected chi connectivity index (χ1v) is 8.74. The number of halogens is 2. The van der Waals surface area contributed by atoms with Crippen molar-refractivity contribution in [2.75, 3.05) is 6.26 Å². The van der Waals surface area contributed by atoms with Crippen LogP contribution < -0.4 is 0 Å². The first-order valence-electron chi connectivity index (χ1n) is 6.06. The highest BCUT2D eigenvalue weighted by molar-refractivity contribution is 14.1. The predicted molar refractivity (Wildman–Crippen MR) is 89.0 cm³/mol. The standard InChI is InChI=1S/C14H12ClIN2S/c1-19-10-6-4-9(5-7-10)14-17-12(8-2-3-8)11(16)13(15)18-14/h4-8H,2-3H2,1H3. The Bertz CT molecular complexity index is 612. The van der Waals surface area contributed by atoms with Gasteiger partial charge >= 0.3 is 0 Å². The van der Waals surface area contributed by atoms with E-state index in [1.54, 1.807) is 11.8 Å². The minimum Gasteiger partial charge on any atom is -0.232 e. The molecule has 0 bridgehead atoms. The van der Waals surface area contributed by atoms with Crippen molar-refractivity contribution in [3.63, 3.8) is 0 Å². The van der Waals surface area contributed by atoms with Gasteiger partial charge in [-0.05, 0) is 53.8 Å². The average Bonchev–Trinajstić information content (AvgIpc) is 3.26. The number of aromatic nitrogens is 2. The van der Waals surface area contributed by atoms with Crippen molar-refractivity contribution in [3.8, 4) is 11.4 Å². The molecule has 2 aromatic rings. The van der Waals surface area contributed by atoms with Gasteiger partial charge in [-0.25, -0.2) is 9.97 Å². The second-order valence-corrected chi connectivity index (χ2v) is 6.86.